The van der Waals surface area contributed by atoms with Crippen LogP contribution in [-0.4, -0.2) is 4.98 Å². The van der Waals surface area contributed by atoms with Crippen LogP contribution in [0.5, 0.6) is 0 Å². The molecule has 2 N–H and O–H groups in total. The van der Waals surface area contributed by atoms with Crippen molar-refractivity contribution >= 4 is 11.6 Å². The van der Waals surface area contributed by atoms with E-state index in [-0.39, 0.29) is 11.9 Å². The van der Waals surface area contributed by atoms with Crippen molar-refractivity contribution in [2.75, 3.05) is 0 Å². The number of benzene rings is 1. The number of halogens is 2. The fraction of sp³-hybridized carbons (Fsp3) is 0.154. The molecule has 0 aliphatic rings. The van der Waals surface area contributed by atoms with Gasteiger partial charge >= 0.3 is 0 Å². The van der Waals surface area contributed by atoms with Gasteiger partial charge in [0.2, 0.25) is 0 Å². The Hall–Kier alpha value is -1.45. The molecule has 0 aliphatic heterocycles. The Bertz CT molecular complexity index is 502. The van der Waals surface area contributed by atoms with Crippen LogP contribution in [0, 0.1) is 5.82 Å². The maximum absolute atomic E-state index is 12.9. The summed E-state index contributed by atoms with van der Waals surface area (Å²) in [6.45, 7) is 0. The molecule has 1 heterocycles. The third-order valence-corrected chi connectivity index (χ3v) is 2.92. The van der Waals surface area contributed by atoms with Gasteiger partial charge in [-0.15, -0.1) is 0 Å². The molecule has 0 saturated carbocycles. The summed E-state index contributed by atoms with van der Waals surface area (Å²) >= 11 is 5.95. The van der Waals surface area contributed by atoms with Crippen molar-refractivity contribution < 1.29 is 4.39 Å². The molecule has 4 heteroatoms. The van der Waals surface area contributed by atoms with Crippen molar-refractivity contribution in [3.05, 3.63) is 64.7 Å². The summed E-state index contributed by atoms with van der Waals surface area (Å²) in [5.41, 5.74) is 7.82. The van der Waals surface area contributed by atoms with Crippen LogP contribution in [0.4, 0.5) is 4.39 Å². The second kappa shape index (κ2) is 5.25. The van der Waals surface area contributed by atoms with Gasteiger partial charge in [-0.05, 0) is 35.7 Å². The van der Waals surface area contributed by atoms with Crippen molar-refractivity contribution in [3.8, 4) is 0 Å². The Balaban J connectivity index is 2.16. The summed E-state index contributed by atoms with van der Waals surface area (Å²) in [6.07, 6.45) is 3.98. The maximum atomic E-state index is 12.9. The standard InChI is InChI=1S/C13H12ClFN2/c14-12-7-11(15)4-3-9(12)6-13(16)10-2-1-5-17-8-10/h1-5,7-8,13H,6,16H2. The minimum Gasteiger partial charge on any atom is -0.324 e. The molecule has 0 amide bonds. The highest BCUT2D eigenvalue weighted by molar-refractivity contribution is 6.31. The van der Waals surface area contributed by atoms with Gasteiger partial charge in [-0.2, -0.15) is 0 Å². The van der Waals surface area contributed by atoms with Gasteiger partial charge in [0.25, 0.3) is 0 Å². The van der Waals surface area contributed by atoms with Gasteiger partial charge in [-0.1, -0.05) is 23.7 Å². The first-order chi connectivity index (χ1) is 8.16. The summed E-state index contributed by atoms with van der Waals surface area (Å²) in [5, 5.41) is 0.407. The number of rotatable bonds is 3. The van der Waals surface area contributed by atoms with E-state index in [0.29, 0.717) is 11.4 Å². The van der Waals surface area contributed by atoms with E-state index in [1.54, 1.807) is 18.5 Å². The first kappa shape index (κ1) is 12.0. The molecule has 2 aromatic rings. The molecule has 0 saturated heterocycles. The molecule has 2 nitrogen and oxygen atoms in total. The molecule has 17 heavy (non-hydrogen) atoms. The van der Waals surface area contributed by atoms with Crippen LogP contribution in [-0.2, 0) is 6.42 Å². The largest absolute Gasteiger partial charge is 0.324 e. The topological polar surface area (TPSA) is 38.9 Å². The Morgan fingerprint density at radius 1 is 1.35 bits per heavy atom. The number of nitrogens with zero attached hydrogens (tertiary/aromatic N) is 1. The van der Waals surface area contributed by atoms with Crippen LogP contribution >= 0.6 is 11.6 Å². The first-order valence-electron chi connectivity index (χ1n) is 5.26. The number of pyridine rings is 1. The normalized spacial score (nSPS) is 12.4. The smallest absolute Gasteiger partial charge is 0.124 e. The highest BCUT2D eigenvalue weighted by atomic mass is 35.5. The predicted molar refractivity (Wildman–Crippen MR) is 66.3 cm³/mol. The lowest BCUT2D eigenvalue weighted by Crippen LogP contribution is -2.13. The van der Waals surface area contributed by atoms with Crippen LogP contribution in [0.3, 0.4) is 0 Å². The Labute approximate surface area is 104 Å². The highest BCUT2D eigenvalue weighted by Gasteiger charge is 2.10. The average Bonchev–Trinajstić information content (AvgIpc) is 2.34. The SMILES string of the molecule is NC(Cc1ccc(F)cc1Cl)c1cccnc1. The number of hydrogen-bond acceptors (Lipinski definition) is 2. The minimum atomic E-state index is -0.339. The fourth-order valence-corrected chi connectivity index (χ4v) is 1.88. The molecule has 88 valence electrons. The van der Waals surface area contributed by atoms with Crippen molar-refractivity contribution in [1.82, 2.24) is 4.98 Å². The van der Waals surface area contributed by atoms with Crippen LogP contribution in [0.15, 0.2) is 42.7 Å². The average molecular weight is 251 g/mol. The van der Waals surface area contributed by atoms with Gasteiger partial charge in [0.1, 0.15) is 5.82 Å². The van der Waals surface area contributed by atoms with Crippen LogP contribution in [0.1, 0.15) is 17.2 Å². The Morgan fingerprint density at radius 3 is 2.82 bits per heavy atom. The summed E-state index contributed by atoms with van der Waals surface area (Å²) in [6, 6.07) is 7.90. The minimum absolute atomic E-state index is 0.188. The van der Waals surface area contributed by atoms with Gasteiger partial charge in [0, 0.05) is 23.5 Å². The quantitative estimate of drug-likeness (QED) is 0.909. The van der Waals surface area contributed by atoms with Crippen molar-refractivity contribution in [2.24, 2.45) is 5.73 Å². The Morgan fingerprint density at radius 2 is 2.18 bits per heavy atom. The van der Waals surface area contributed by atoms with Crippen molar-refractivity contribution in [2.45, 2.75) is 12.5 Å². The number of nitrogens with two attached hydrogens (primary N) is 1. The molecule has 0 spiro atoms. The zero-order valence-corrected chi connectivity index (χ0v) is 9.86. The molecule has 0 radical (unpaired) electrons. The lowest BCUT2D eigenvalue weighted by molar-refractivity contribution is 0.625. The maximum Gasteiger partial charge on any atom is 0.124 e. The van der Waals surface area contributed by atoms with Crippen molar-refractivity contribution in [3.63, 3.8) is 0 Å². The molecular weight excluding hydrogens is 239 g/mol. The molecule has 2 rings (SSSR count). The molecule has 0 bridgehead atoms. The Kier molecular flexibility index (Phi) is 3.71. The van der Waals surface area contributed by atoms with E-state index in [1.165, 1.54) is 12.1 Å². The zero-order chi connectivity index (χ0) is 12.3. The molecule has 0 fully saturated rings. The van der Waals surface area contributed by atoms with Gasteiger partial charge < -0.3 is 5.73 Å². The van der Waals surface area contributed by atoms with Crippen LogP contribution < -0.4 is 5.73 Å². The molecule has 0 aliphatic carbocycles. The lowest BCUT2D eigenvalue weighted by atomic mass is 10.0. The molecule has 1 aromatic carbocycles. The third kappa shape index (κ3) is 3.02. The third-order valence-electron chi connectivity index (χ3n) is 2.57. The summed E-state index contributed by atoms with van der Waals surface area (Å²) in [4.78, 5) is 4.01. The first-order valence-corrected chi connectivity index (χ1v) is 5.64. The zero-order valence-electron chi connectivity index (χ0n) is 9.11. The van der Waals surface area contributed by atoms with Crippen LogP contribution in [0.25, 0.3) is 0 Å². The second-order valence-corrected chi connectivity index (χ2v) is 4.24. The predicted octanol–water partition coefficient (Wildman–Crippen LogP) is 3.12. The van der Waals surface area contributed by atoms with E-state index >= 15 is 0 Å². The molecule has 1 unspecified atom stereocenters. The molecular formula is C13H12ClFN2. The molecule has 1 aromatic heterocycles. The van der Waals surface area contributed by atoms with E-state index in [1.807, 2.05) is 12.1 Å². The van der Waals surface area contributed by atoms with E-state index in [0.717, 1.165) is 11.1 Å². The highest BCUT2D eigenvalue weighted by Crippen LogP contribution is 2.22. The fourth-order valence-electron chi connectivity index (χ4n) is 1.64. The van der Waals surface area contributed by atoms with Gasteiger partial charge in [-0.25, -0.2) is 4.39 Å². The van der Waals surface area contributed by atoms with E-state index in [9.17, 15) is 4.39 Å². The summed E-state index contributed by atoms with van der Waals surface area (Å²) in [7, 11) is 0. The van der Waals surface area contributed by atoms with Crippen molar-refractivity contribution in [1.29, 1.82) is 0 Å². The summed E-state index contributed by atoms with van der Waals surface area (Å²) < 4.78 is 12.9. The van der Waals surface area contributed by atoms with Gasteiger partial charge in [0.15, 0.2) is 0 Å². The number of aromatic nitrogens is 1. The van der Waals surface area contributed by atoms with E-state index in [4.69, 9.17) is 17.3 Å². The lowest BCUT2D eigenvalue weighted by Gasteiger charge is -2.12. The monoisotopic (exact) mass is 250 g/mol. The van der Waals surface area contributed by atoms with E-state index < -0.39 is 0 Å². The van der Waals surface area contributed by atoms with Gasteiger partial charge in [0.05, 0.1) is 0 Å². The number of hydrogen-bond donors (Lipinski definition) is 1. The summed E-state index contributed by atoms with van der Waals surface area (Å²) in [5.74, 6) is -0.339. The second-order valence-electron chi connectivity index (χ2n) is 3.83. The van der Waals surface area contributed by atoms with Crippen LogP contribution in [0.2, 0.25) is 5.02 Å². The van der Waals surface area contributed by atoms with Gasteiger partial charge in [-0.3, -0.25) is 4.98 Å². The molecule has 1 atom stereocenters. The van der Waals surface area contributed by atoms with E-state index in [2.05, 4.69) is 4.98 Å².